The summed E-state index contributed by atoms with van der Waals surface area (Å²) < 4.78 is 59.2. The van der Waals surface area contributed by atoms with Crippen molar-refractivity contribution in [2.45, 2.75) is 88.4 Å². The summed E-state index contributed by atoms with van der Waals surface area (Å²) in [5, 5.41) is 39.7. The number of halogens is 3. The fourth-order valence-electron chi connectivity index (χ4n) is 4.06. The highest BCUT2D eigenvalue weighted by atomic mass is 19.4. The third-order valence-corrected chi connectivity index (χ3v) is 6.82. The second-order valence-electron chi connectivity index (χ2n) is 9.51. The SMILES string of the molecule is CC(c1ccc(B2OC(C)(C)C(C)(C)O2)cc1C(F)(F)F)[C@H]1O[C@H](CO)[C@@H](O)[C@H](O)[C@@H]1O. The second-order valence-corrected chi connectivity index (χ2v) is 9.51. The van der Waals surface area contributed by atoms with Gasteiger partial charge in [-0.1, -0.05) is 19.1 Å². The van der Waals surface area contributed by atoms with Crippen LogP contribution < -0.4 is 5.46 Å². The zero-order chi connectivity index (χ0) is 24.2. The van der Waals surface area contributed by atoms with Gasteiger partial charge in [-0.25, -0.2) is 0 Å². The van der Waals surface area contributed by atoms with Crippen LogP contribution in [0.5, 0.6) is 0 Å². The molecule has 0 bridgehead atoms. The minimum Gasteiger partial charge on any atom is -0.399 e. The first-order valence-corrected chi connectivity index (χ1v) is 10.5. The Morgan fingerprint density at radius 3 is 2.06 bits per heavy atom. The van der Waals surface area contributed by atoms with Gasteiger partial charge in [-0.15, -0.1) is 0 Å². The van der Waals surface area contributed by atoms with Crippen LogP contribution in [0.2, 0.25) is 0 Å². The Bertz CT molecular complexity index is 814. The van der Waals surface area contributed by atoms with Crippen molar-refractivity contribution in [2.24, 2.45) is 0 Å². The van der Waals surface area contributed by atoms with E-state index in [4.69, 9.17) is 14.0 Å². The molecule has 2 saturated heterocycles. The number of hydrogen-bond acceptors (Lipinski definition) is 7. The fourth-order valence-corrected chi connectivity index (χ4v) is 4.06. The van der Waals surface area contributed by atoms with Gasteiger partial charge in [0.2, 0.25) is 0 Å². The van der Waals surface area contributed by atoms with Gasteiger partial charge in [0, 0.05) is 5.92 Å². The molecule has 0 aromatic heterocycles. The predicted octanol–water partition coefficient (Wildman–Crippen LogP) is 0.950. The molecule has 2 aliphatic heterocycles. The Balaban J connectivity index is 1.97. The molecule has 1 unspecified atom stereocenters. The molecule has 0 amide bonds. The van der Waals surface area contributed by atoms with Crippen LogP contribution in [-0.2, 0) is 20.2 Å². The van der Waals surface area contributed by atoms with Gasteiger partial charge in [-0.05, 0) is 44.8 Å². The summed E-state index contributed by atoms with van der Waals surface area (Å²) in [4.78, 5) is 0. The van der Waals surface area contributed by atoms with Gasteiger partial charge in [0.1, 0.15) is 24.4 Å². The Morgan fingerprint density at radius 1 is 1.00 bits per heavy atom. The monoisotopic (exact) mass is 462 g/mol. The number of benzene rings is 1. The maximum atomic E-state index is 14.0. The van der Waals surface area contributed by atoms with E-state index in [-0.39, 0.29) is 11.0 Å². The summed E-state index contributed by atoms with van der Waals surface area (Å²) in [5.41, 5.74) is -2.37. The molecular weight excluding hydrogens is 432 g/mol. The standard InChI is InChI=1S/C21H30BF3O7/c1-10(18-17(29)16(28)15(27)14(9-26)30-18)12-7-6-11(8-13(12)21(23,24)25)22-31-19(2,3)20(4,5)32-22/h6-8,10,14-18,26-29H,9H2,1-5H3/t10?,14-,15-,16+,17+,18-/m1/s1. The third-order valence-electron chi connectivity index (χ3n) is 6.82. The summed E-state index contributed by atoms with van der Waals surface area (Å²) in [5.74, 6) is -1.02. The van der Waals surface area contributed by atoms with Crippen molar-refractivity contribution in [1.29, 1.82) is 0 Å². The van der Waals surface area contributed by atoms with E-state index in [2.05, 4.69) is 0 Å². The van der Waals surface area contributed by atoms with Crippen molar-refractivity contribution >= 4 is 12.6 Å². The van der Waals surface area contributed by atoms with E-state index in [0.29, 0.717) is 0 Å². The maximum absolute atomic E-state index is 14.0. The molecule has 1 aromatic carbocycles. The van der Waals surface area contributed by atoms with Gasteiger partial charge in [-0.2, -0.15) is 13.2 Å². The summed E-state index contributed by atoms with van der Waals surface area (Å²) in [6, 6.07) is 3.69. The Kier molecular flexibility index (Phi) is 6.78. The van der Waals surface area contributed by atoms with Gasteiger partial charge in [0.05, 0.1) is 29.5 Å². The van der Waals surface area contributed by atoms with Crippen molar-refractivity contribution in [3.63, 3.8) is 0 Å². The lowest BCUT2D eigenvalue weighted by molar-refractivity contribution is -0.233. The Morgan fingerprint density at radius 2 is 1.56 bits per heavy atom. The fraction of sp³-hybridized carbons (Fsp3) is 0.714. The highest BCUT2D eigenvalue weighted by Crippen LogP contribution is 2.40. The molecule has 32 heavy (non-hydrogen) atoms. The molecule has 0 aliphatic carbocycles. The van der Waals surface area contributed by atoms with Crippen molar-refractivity contribution in [3.8, 4) is 0 Å². The lowest BCUT2D eigenvalue weighted by atomic mass is 9.75. The van der Waals surface area contributed by atoms with Gasteiger partial charge < -0.3 is 34.5 Å². The van der Waals surface area contributed by atoms with Crippen LogP contribution in [0.25, 0.3) is 0 Å². The minimum atomic E-state index is -4.72. The van der Waals surface area contributed by atoms with E-state index in [1.165, 1.54) is 19.1 Å². The number of hydrogen-bond donors (Lipinski definition) is 4. The number of alkyl halides is 3. The lowest BCUT2D eigenvalue weighted by Gasteiger charge is -2.42. The van der Waals surface area contributed by atoms with Crippen molar-refractivity contribution in [2.75, 3.05) is 6.61 Å². The number of rotatable bonds is 4. The molecule has 2 heterocycles. The second kappa shape index (κ2) is 8.54. The van der Waals surface area contributed by atoms with Crippen LogP contribution in [-0.4, -0.2) is 75.9 Å². The molecule has 180 valence electrons. The predicted molar refractivity (Wildman–Crippen MR) is 109 cm³/mol. The number of aliphatic hydroxyl groups is 4. The number of ether oxygens (including phenoxy) is 1. The van der Waals surface area contributed by atoms with Crippen LogP contribution >= 0.6 is 0 Å². The number of aliphatic hydroxyl groups excluding tert-OH is 4. The molecular formula is C21H30BF3O7. The summed E-state index contributed by atoms with van der Waals surface area (Å²) in [6.45, 7) is 7.95. The zero-order valence-corrected chi connectivity index (χ0v) is 18.6. The average molecular weight is 462 g/mol. The lowest BCUT2D eigenvalue weighted by Crippen LogP contribution is -2.59. The van der Waals surface area contributed by atoms with Crippen molar-refractivity contribution < 1.29 is 47.6 Å². The molecule has 2 aliphatic rings. The Hall–Kier alpha value is -1.21. The van der Waals surface area contributed by atoms with Gasteiger partial charge in [-0.3, -0.25) is 0 Å². The molecule has 6 atom stereocenters. The summed E-state index contributed by atoms with van der Waals surface area (Å²) in [7, 11) is -0.988. The molecule has 1 aromatic rings. The smallest absolute Gasteiger partial charge is 0.399 e. The van der Waals surface area contributed by atoms with Gasteiger partial charge in [0.15, 0.2) is 0 Å². The molecule has 0 spiro atoms. The van der Waals surface area contributed by atoms with E-state index < -0.39 is 73.1 Å². The first kappa shape index (κ1) is 25.4. The molecule has 0 radical (unpaired) electrons. The quantitative estimate of drug-likeness (QED) is 0.494. The first-order chi connectivity index (χ1) is 14.6. The summed E-state index contributed by atoms with van der Waals surface area (Å²) in [6.07, 6.45) is -12.1. The molecule has 3 rings (SSSR count). The van der Waals surface area contributed by atoms with Crippen molar-refractivity contribution in [3.05, 3.63) is 29.3 Å². The van der Waals surface area contributed by atoms with Gasteiger partial charge >= 0.3 is 13.3 Å². The molecule has 11 heteroatoms. The van der Waals surface area contributed by atoms with E-state index >= 15 is 0 Å². The van der Waals surface area contributed by atoms with Crippen LogP contribution in [0, 0.1) is 0 Å². The van der Waals surface area contributed by atoms with E-state index in [0.717, 1.165) is 6.07 Å². The highest BCUT2D eigenvalue weighted by molar-refractivity contribution is 6.62. The van der Waals surface area contributed by atoms with E-state index in [1.807, 2.05) is 0 Å². The average Bonchev–Trinajstić information content (AvgIpc) is 2.92. The van der Waals surface area contributed by atoms with Crippen LogP contribution in [0.3, 0.4) is 0 Å². The highest BCUT2D eigenvalue weighted by Gasteiger charge is 2.52. The summed E-state index contributed by atoms with van der Waals surface area (Å²) >= 11 is 0. The topological polar surface area (TPSA) is 109 Å². The molecule has 4 N–H and O–H groups in total. The van der Waals surface area contributed by atoms with Gasteiger partial charge in [0.25, 0.3) is 0 Å². The zero-order valence-electron chi connectivity index (χ0n) is 18.6. The van der Waals surface area contributed by atoms with E-state index in [1.54, 1.807) is 27.7 Å². The Labute approximate surface area is 185 Å². The maximum Gasteiger partial charge on any atom is 0.494 e. The van der Waals surface area contributed by atoms with E-state index in [9.17, 15) is 33.6 Å². The largest absolute Gasteiger partial charge is 0.494 e. The minimum absolute atomic E-state index is 0.165. The van der Waals surface area contributed by atoms with Crippen LogP contribution in [0.15, 0.2) is 18.2 Å². The third kappa shape index (κ3) is 4.44. The van der Waals surface area contributed by atoms with Crippen LogP contribution in [0.1, 0.15) is 51.7 Å². The molecule has 2 fully saturated rings. The first-order valence-electron chi connectivity index (χ1n) is 10.5. The normalized spacial score (nSPS) is 33.4. The molecule has 7 nitrogen and oxygen atoms in total. The van der Waals surface area contributed by atoms with Crippen molar-refractivity contribution in [1.82, 2.24) is 0 Å². The van der Waals surface area contributed by atoms with Crippen LogP contribution in [0.4, 0.5) is 13.2 Å². The molecule has 0 saturated carbocycles.